The Hall–Kier alpha value is -3.16. The average Bonchev–Trinajstić information content (AvgIpc) is 2.61. The van der Waals surface area contributed by atoms with Crippen LogP contribution in [0.1, 0.15) is 12.5 Å². The quantitative estimate of drug-likeness (QED) is 0.707. The van der Waals surface area contributed by atoms with E-state index in [1.165, 1.54) is 0 Å². The molecule has 0 aliphatic heterocycles. The number of anilines is 3. The number of hydrogen-bond acceptors (Lipinski definition) is 7. The number of benzene rings is 1. The second-order valence-corrected chi connectivity index (χ2v) is 5.05. The highest BCUT2D eigenvalue weighted by Gasteiger charge is 2.08. The van der Waals surface area contributed by atoms with Crippen LogP contribution in [0, 0.1) is 0 Å². The van der Waals surface area contributed by atoms with Gasteiger partial charge in [0, 0.05) is 12.6 Å². The lowest BCUT2D eigenvalue weighted by molar-refractivity contribution is 0.168. The highest BCUT2D eigenvalue weighted by atomic mass is 16.5. The molecular formula is C17H22N4O4. The molecule has 2 aromatic rings. The van der Waals surface area contributed by atoms with Gasteiger partial charge in [-0.25, -0.2) is 9.78 Å². The van der Waals surface area contributed by atoms with Gasteiger partial charge in [0.15, 0.2) is 0 Å². The second-order valence-electron chi connectivity index (χ2n) is 5.05. The Labute approximate surface area is 146 Å². The van der Waals surface area contributed by atoms with Crippen molar-refractivity contribution >= 4 is 23.4 Å². The molecule has 0 aliphatic rings. The third kappa shape index (κ3) is 5.17. The maximum atomic E-state index is 11.4. The lowest BCUT2D eigenvalue weighted by Crippen LogP contribution is -2.15. The van der Waals surface area contributed by atoms with Crippen LogP contribution in [0.5, 0.6) is 11.5 Å². The zero-order valence-electron chi connectivity index (χ0n) is 14.5. The molecule has 25 heavy (non-hydrogen) atoms. The molecule has 0 atom stereocenters. The molecule has 0 saturated carbocycles. The largest absolute Gasteiger partial charge is 0.497 e. The van der Waals surface area contributed by atoms with Crippen LogP contribution in [-0.2, 0) is 11.3 Å². The third-order valence-electron chi connectivity index (χ3n) is 3.32. The molecule has 8 nitrogen and oxygen atoms in total. The van der Waals surface area contributed by atoms with E-state index in [1.807, 2.05) is 12.1 Å². The van der Waals surface area contributed by atoms with Crippen molar-refractivity contribution in [3.8, 4) is 11.5 Å². The number of amides is 1. The minimum atomic E-state index is -0.569. The molecule has 1 aromatic heterocycles. The van der Waals surface area contributed by atoms with E-state index in [2.05, 4.69) is 15.6 Å². The summed E-state index contributed by atoms with van der Waals surface area (Å²) in [6, 6.07) is 8.98. The number of hydrogen-bond donors (Lipinski definition) is 3. The topological polar surface area (TPSA) is 108 Å². The van der Waals surface area contributed by atoms with Gasteiger partial charge < -0.3 is 25.3 Å². The number of nitrogen functional groups attached to an aromatic ring is 1. The van der Waals surface area contributed by atoms with Crippen LogP contribution in [0.3, 0.4) is 0 Å². The Morgan fingerprint density at radius 2 is 1.84 bits per heavy atom. The van der Waals surface area contributed by atoms with Crippen LogP contribution in [0.2, 0.25) is 0 Å². The highest BCUT2D eigenvalue weighted by molar-refractivity contribution is 5.88. The van der Waals surface area contributed by atoms with E-state index < -0.39 is 6.09 Å². The van der Waals surface area contributed by atoms with E-state index in [-0.39, 0.29) is 12.4 Å². The van der Waals surface area contributed by atoms with E-state index in [9.17, 15) is 4.79 Å². The van der Waals surface area contributed by atoms with Crippen LogP contribution >= 0.6 is 0 Å². The fraction of sp³-hybridized carbons (Fsp3) is 0.294. The molecule has 8 heteroatoms. The molecule has 0 saturated heterocycles. The monoisotopic (exact) mass is 346 g/mol. The van der Waals surface area contributed by atoms with E-state index >= 15 is 0 Å². The first kappa shape index (κ1) is 18.2. The Morgan fingerprint density at radius 1 is 1.16 bits per heavy atom. The Bertz CT molecular complexity index is 714. The summed E-state index contributed by atoms with van der Waals surface area (Å²) in [5.74, 6) is 2.19. The van der Waals surface area contributed by atoms with E-state index in [4.69, 9.17) is 19.9 Å². The van der Waals surface area contributed by atoms with E-state index in [0.29, 0.717) is 29.5 Å². The number of aromatic nitrogens is 1. The van der Waals surface area contributed by atoms with Crippen molar-refractivity contribution in [2.24, 2.45) is 0 Å². The van der Waals surface area contributed by atoms with Crippen LogP contribution in [-0.4, -0.2) is 31.9 Å². The van der Waals surface area contributed by atoms with E-state index in [0.717, 1.165) is 5.56 Å². The van der Waals surface area contributed by atoms with Gasteiger partial charge in [-0.1, -0.05) is 0 Å². The highest BCUT2D eigenvalue weighted by Crippen LogP contribution is 2.24. The molecule has 0 spiro atoms. The second kappa shape index (κ2) is 8.62. The van der Waals surface area contributed by atoms with Gasteiger partial charge in [0.05, 0.1) is 26.5 Å². The minimum Gasteiger partial charge on any atom is -0.497 e. The summed E-state index contributed by atoms with van der Waals surface area (Å²) in [5.41, 5.74) is 7.22. The minimum absolute atomic E-state index is 0.196. The lowest BCUT2D eigenvalue weighted by atomic mass is 10.2. The predicted octanol–water partition coefficient (Wildman–Crippen LogP) is 2.86. The number of nitrogens with zero attached hydrogens (tertiary/aromatic N) is 1. The number of methoxy groups -OCH3 is 2. The molecule has 1 amide bonds. The van der Waals surface area contributed by atoms with Gasteiger partial charge in [-0.15, -0.1) is 0 Å². The number of rotatable bonds is 7. The van der Waals surface area contributed by atoms with Gasteiger partial charge in [0.2, 0.25) is 0 Å². The first-order valence-electron chi connectivity index (χ1n) is 7.71. The van der Waals surface area contributed by atoms with Crippen molar-refractivity contribution in [3.05, 3.63) is 35.9 Å². The Kier molecular flexibility index (Phi) is 6.27. The van der Waals surface area contributed by atoms with Crippen molar-refractivity contribution in [1.29, 1.82) is 0 Å². The van der Waals surface area contributed by atoms with Crippen LogP contribution < -0.4 is 25.8 Å². The van der Waals surface area contributed by atoms with Crippen LogP contribution in [0.15, 0.2) is 30.3 Å². The summed E-state index contributed by atoms with van der Waals surface area (Å²) in [7, 11) is 3.20. The van der Waals surface area contributed by atoms with Gasteiger partial charge in [-0.3, -0.25) is 5.32 Å². The maximum Gasteiger partial charge on any atom is 0.411 e. The number of ether oxygens (including phenoxy) is 3. The zero-order valence-corrected chi connectivity index (χ0v) is 14.5. The van der Waals surface area contributed by atoms with Gasteiger partial charge in [0.25, 0.3) is 0 Å². The van der Waals surface area contributed by atoms with Gasteiger partial charge >= 0.3 is 6.09 Å². The molecule has 2 rings (SSSR count). The smallest absolute Gasteiger partial charge is 0.411 e. The summed E-state index contributed by atoms with van der Waals surface area (Å²) in [5, 5.41) is 5.70. The zero-order chi connectivity index (χ0) is 18.2. The predicted molar refractivity (Wildman–Crippen MR) is 96.2 cm³/mol. The van der Waals surface area contributed by atoms with Gasteiger partial charge in [-0.05, 0) is 36.8 Å². The molecule has 0 radical (unpaired) electrons. The number of nitrogens with one attached hydrogen (secondary N) is 2. The molecule has 0 fully saturated rings. The summed E-state index contributed by atoms with van der Waals surface area (Å²) < 4.78 is 15.3. The standard InChI is InChI=1S/C17H22N4O4/c1-4-25-17(22)20-14-5-6-15(21-16(14)18)19-10-11-7-12(23-2)9-13(8-11)24-3/h5-9H,4,10H2,1-3H3,(H,20,22)(H3,18,19,21). The Balaban J connectivity index is 2.04. The number of carbonyl (C=O) groups excluding carboxylic acids is 1. The first-order chi connectivity index (χ1) is 12.0. The molecule has 0 aliphatic carbocycles. The molecule has 1 heterocycles. The number of pyridine rings is 1. The summed E-state index contributed by atoms with van der Waals surface area (Å²) in [6.07, 6.45) is -0.569. The molecule has 1 aromatic carbocycles. The number of carbonyl (C=O) groups is 1. The maximum absolute atomic E-state index is 11.4. The molecule has 0 bridgehead atoms. The molecular weight excluding hydrogens is 324 g/mol. The molecule has 0 unspecified atom stereocenters. The third-order valence-corrected chi connectivity index (χ3v) is 3.32. The first-order valence-corrected chi connectivity index (χ1v) is 7.71. The normalized spacial score (nSPS) is 10.0. The van der Waals surface area contributed by atoms with Crippen molar-refractivity contribution in [2.45, 2.75) is 13.5 Å². The van der Waals surface area contributed by atoms with Gasteiger partial charge in [0.1, 0.15) is 23.1 Å². The number of nitrogens with two attached hydrogens (primary N) is 1. The SMILES string of the molecule is CCOC(=O)Nc1ccc(NCc2cc(OC)cc(OC)c2)nc1N. The molecule has 4 N–H and O–H groups in total. The average molecular weight is 346 g/mol. The molecule has 134 valence electrons. The summed E-state index contributed by atoms with van der Waals surface area (Å²) >= 11 is 0. The van der Waals surface area contributed by atoms with Crippen molar-refractivity contribution in [2.75, 3.05) is 37.2 Å². The van der Waals surface area contributed by atoms with Crippen molar-refractivity contribution < 1.29 is 19.0 Å². The summed E-state index contributed by atoms with van der Waals surface area (Å²) in [6.45, 7) is 2.51. The van der Waals surface area contributed by atoms with Crippen molar-refractivity contribution in [1.82, 2.24) is 4.98 Å². The van der Waals surface area contributed by atoms with Crippen LogP contribution in [0.25, 0.3) is 0 Å². The van der Waals surface area contributed by atoms with Crippen LogP contribution in [0.4, 0.5) is 22.1 Å². The summed E-state index contributed by atoms with van der Waals surface area (Å²) in [4.78, 5) is 15.6. The van der Waals surface area contributed by atoms with Crippen molar-refractivity contribution in [3.63, 3.8) is 0 Å². The fourth-order valence-corrected chi connectivity index (χ4v) is 2.12. The van der Waals surface area contributed by atoms with E-state index in [1.54, 1.807) is 39.3 Å². The lowest BCUT2D eigenvalue weighted by Gasteiger charge is -2.12. The Morgan fingerprint density at radius 3 is 2.40 bits per heavy atom. The fourth-order valence-electron chi connectivity index (χ4n) is 2.12. The van der Waals surface area contributed by atoms with Gasteiger partial charge in [-0.2, -0.15) is 0 Å².